The Bertz CT molecular complexity index is 517. The Morgan fingerprint density at radius 1 is 0.650 bits per heavy atom. The number of hydrogen-bond acceptors (Lipinski definition) is 2. The fraction of sp³-hybridized carbons (Fsp3) is 0.294. The third-order valence-corrected chi connectivity index (χ3v) is 3.64. The number of phenolic OH excluding ortho intramolecular Hbond substituents is 2. The molecule has 0 saturated carbocycles. The van der Waals surface area contributed by atoms with E-state index in [1.807, 2.05) is 58.9 Å². The van der Waals surface area contributed by atoms with E-state index in [0.29, 0.717) is 11.5 Å². The van der Waals surface area contributed by atoms with Gasteiger partial charge in [0.05, 0.1) is 4.47 Å². The average molecular weight is 337 g/mol. The Morgan fingerprint density at radius 2 is 1.00 bits per heavy atom. The lowest BCUT2D eigenvalue weighted by Gasteiger charge is -2.03. The molecule has 2 N–H and O–H groups in total. The Hall–Kier alpha value is -1.48. The highest BCUT2D eigenvalue weighted by molar-refractivity contribution is 9.10. The van der Waals surface area contributed by atoms with Gasteiger partial charge in [-0.2, -0.15) is 0 Å². The Labute approximate surface area is 129 Å². The average Bonchev–Trinajstić information content (AvgIpc) is 2.33. The van der Waals surface area contributed by atoms with Gasteiger partial charge in [0, 0.05) is 0 Å². The van der Waals surface area contributed by atoms with Gasteiger partial charge >= 0.3 is 0 Å². The molecule has 0 aromatic heterocycles. The number of rotatable bonds is 0. The van der Waals surface area contributed by atoms with Gasteiger partial charge in [-0.05, 0) is 78.9 Å². The number of benzene rings is 2. The fourth-order valence-electron chi connectivity index (χ4n) is 2.08. The summed E-state index contributed by atoms with van der Waals surface area (Å²) >= 11 is 3.25. The molecule has 0 spiro atoms. The quantitative estimate of drug-likeness (QED) is 0.703. The summed E-state index contributed by atoms with van der Waals surface area (Å²) in [5.41, 5.74) is 5.18. The van der Waals surface area contributed by atoms with Crippen LogP contribution < -0.4 is 0 Å². The summed E-state index contributed by atoms with van der Waals surface area (Å²) in [7, 11) is 0. The van der Waals surface area contributed by atoms with E-state index >= 15 is 0 Å². The highest BCUT2D eigenvalue weighted by atomic mass is 79.9. The maximum Gasteiger partial charge on any atom is 0.132 e. The first-order valence-electron chi connectivity index (χ1n) is 6.45. The zero-order valence-electron chi connectivity index (χ0n) is 12.6. The zero-order valence-corrected chi connectivity index (χ0v) is 14.2. The van der Waals surface area contributed by atoms with Crippen LogP contribution in [0.25, 0.3) is 0 Å². The predicted molar refractivity (Wildman–Crippen MR) is 87.6 cm³/mol. The lowest BCUT2D eigenvalue weighted by atomic mass is 10.1. The molecule has 2 rings (SSSR count). The Kier molecular flexibility index (Phi) is 5.63. The van der Waals surface area contributed by atoms with Crippen LogP contribution in [0, 0.1) is 34.6 Å². The molecule has 0 heterocycles. The minimum Gasteiger partial charge on any atom is -0.507 e. The van der Waals surface area contributed by atoms with Gasteiger partial charge in [-0.3, -0.25) is 0 Å². The summed E-state index contributed by atoms with van der Waals surface area (Å²) in [4.78, 5) is 0. The number of halogens is 1. The summed E-state index contributed by atoms with van der Waals surface area (Å²) in [6, 6.07) is 7.78. The van der Waals surface area contributed by atoms with Crippen molar-refractivity contribution in [3.05, 3.63) is 56.6 Å². The van der Waals surface area contributed by atoms with Crippen LogP contribution in [0.15, 0.2) is 28.7 Å². The molecule has 0 atom stereocenters. The van der Waals surface area contributed by atoms with Crippen molar-refractivity contribution in [1.29, 1.82) is 0 Å². The van der Waals surface area contributed by atoms with E-state index in [-0.39, 0.29) is 0 Å². The van der Waals surface area contributed by atoms with Crippen LogP contribution in [0.2, 0.25) is 0 Å². The summed E-state index contributed by atoms with van der Waals surface area (Å²) in [5, 5.41) is 18.6. The van der Waals surface area contributed by atoms with Crippen molar-refractivity contribution < 1.29 is 10.2 Å². The number of aromatic hydroxyl groups is 2. The third-order valence-electron chi connectivity index (χ3n) is 3.03. The molecule has 2 aromatic rings. The van der Waals surface area contributed by atoms with E-state index in [1.165, 1.54) is 5.56 Å². The second-order valence-corrected chi connectivity index (χ2v) is 6.01. The largest absolute Gasteiger partial charge is 0.507 e. The standard InChI is InChI=1S/C9H12O.C8H9BrO/c1-6-4-7(2)9(10)8(3)5-6;1-5-3-6(2)8(10)7(9)4-5/h4-5,10H,1-3H3;3-4,10H,1-2H3. The molecule has 2 nitrogen and oxygen atoms in total. The van der Waals surface area contributed by atoms with Crippen LogP contribution in [-0.4, -0.2) is 10.2 Å². The molecule has 0 aliphatic carbocycles. The van der Waals surface area contributed by atoms with Crippen molar-refractivity contribution >= 4 is 15.9 Å². The van der Waals surface area contributed by atoms with E-state index in [9.17, 15) is 10.2 Å². The van der Waals surface area contributed by atoms with E-state index in [0.717, 1.165) is 26.7 Å². The van der Waals surface area contributed by atoms with Crippen LogP contribution in [-0.2, 0) is 0 Å². The maximum atomic E-state index is 9.33. The van der Waals surface area contributed by atoms with Crippen LogP contribution in [0.3, 0.4) is 0 Å². The minimum absolute atomic E-state index is 0.339. The second kappa shape index (κ2) is 6.80. The number of phenols is 2. The van der Waals surface area contributed by atoms with Crippen molar-refractivity contribution in [2.24, 2.45) is 0 Å². The van der Waals surface area contributed by atoms with Crippen molar-refractivity contribution in [2.75, 3.05) is 0 Å². The first-order valence-corrected chi connectivity index (χ1v) is 7.24. The molecule has 0 amide bonds. The molecule has 2 aromatic carbocycles. The Morgan fingerprint density at radius 3 is 1.40 bits per heavy atom. The molecule has 0 saturated heterocycles. The van der Waals surface area contributed by atoms with Gasteiger partial charge in [0.25, 0.3) is 0 Å². The lowest BCUT2D eigenvalue weighted by Crippen LogP contribution is -1.81. The van der Waals surface area contributed by atoms with Gasteiger partial charge in [0.15, 0.2) is 0 Å². The van der Waals surface area contributed by atoms with E-state index in [1.54, 1.807) is 0 Å². The summed E-state index contributed by atoms with van der Waals surface area (Å²) in [6.45, 7) is 9.73. The molecular formula is C17H21BrO2. The van der Waals surface area contributed by atoms with Crippen molar-refractivity contribution in [2.45, 2.75) is 34.6 Å². The molecule has 0 aliphatic heterocycles. The highest BCUT2D eigenvalue weighted by Gasteiger charge is 2.00. The molecule has 20 heavy (non-hydrogen) atoms. The van der Waals surface area contributed by atoms with E-state index in [4.69, 9.17) is 0 Å². The van der Waals surface area contributed by atoms with Crippen LogP contribution in [0.4, 0.5) is 0 Å². The molecule has 3 heteroatoms. The highest BCUT2D eigenvalue weighted by Crippen LogP contribution is 2.28. The summed E-state index contributed by atoms with van der Waals surface area (Å²) in [5.74, 6) is 0.760. The van der Waals surface area contributed by atoms with E-state index in [2.05, 4.69) is 15.9 Å². The Balaban J connectivity index is 0.000000200. The first kappa shape index (κ1) is 16.6. The van der Waals surface area contributed by atoms with Gasteiger partial charge in [-0.25, -0.2) is 0 Å². The summed E-state index contributed by atoms with van der Waals surface area (Å²) < 4.78 is 0.769. The van der Waals surface area contributed by atoms with Gasteiger partial charge in [0.2, 0.25) is 0 Å². The fourth-order valence-corrected chi connectivity index (χ4v) is 2.75. The molecule has 0 unspecified atom stereocenters. The van der Waals surface area contributed by atoms with Crippen molar-refractivity contribution in [3.63, 3.8) is 0 Å². The van der Waals surface area contributed by atoms with Crippen molar-refractivity contribution in [3.8, 4) is 11.5 Å². The smallest absolute Gasteiger partial charge is 0.132 e. The topological polar surface area (TPSA) is 40.5 Å². The van der Waals surface area contributed by atoms with E-state index < -0.39 is 0 Å². The van der Waals surface area contributed by atoms with Crippen LogP contribution in [0.1, 0.15) is 27.8 Å². The van der Waals surface area contributed by atoms with Gasteiger partial charge in [-0.15, -0.1) is 0 Å². The van der Waals surface area contributed by atoms with Crippen LogP contribution >= 0.6 is 15.9 Å². The van der Waals surface area contributed by atoms with Crippen LogP contribution in [0.5, 0.6) is 11.5 Å². The van der Waals surface area contributed by atoms with Gasteiger partial charge < -0.3 is 10.2 Å². The normalized spacial score (nSPS) is 9.90. The molecule has 0 aliphatic rings. The molecule has 0 fully saturated rings. The monoisotopic (exact) mass is 336 g/mol. The lowest BCUT2D eigenvalue weighted by molar-refractivity contribution is 0.466. The second-order valence-electron chi connectivity index (χ2n) is 5.16. The SMILES string of the molecule is Cc1cc(C)c(O)c(Br)c1.Cc1cc(C)c(O)c(C)c1. The number of aryl methyl sites for hydroxylation is 5. The molecule has 0 radical (unpaired) electrons. The maximum absolute atomic E-state index is 9.33. The van der Waals surface area contributed by atoms with Gasteiger partial charge in [-0.1, -0.05) is 23.8 Å². The first-order chi connectivity index (χ1) is 9.22. The molecular weight excluding hydrogens is 316 g/mol. The van der Waals surface area contributed by atoms with Gasteiger partial charge in [0.1, 0.15) is 11.5 Å². The number of hydrogen-bond donors (Lipinski definition) is 2. The van der Waals surface area contributed by atoms with Crippen molar-refractivity contribution in [1.82, 2.24) is 0 Å². The third kappa shape index (κ3) is 4.27. The summed E-state index contributed by atoms with van der Waals surface area (Å²) in [6.07, 6.45) is 0. The molecule has 0 bridgehead atoms. The predicted octanol–water partition coefficient (Wildman–Crippen LogP) is 5.09. The zero-order chi connectivity index (χ0) is 15.4. The minimum atomic E-state index is 0.339. The molecule has 108 valence electrons.